The van der Waals surface area contributed by atoms with E-state index in [0.717, 1.165) is 16.9 Å². The molecule has 0 N–H and O–H groups in total. The van der Waals surface area contributed by atoms with Crippen LogP contribution in [0.1, 0.15) is 11.1 Å². The number of rotatable bonds is 10. The Kier molecular flexibility index (Phi) is 7.63. The number of hydrogen-bond donors (Lipinski definition) is 0. The maximum Gasteiger partial charge on any atom is 0.166 e. The van der Waals surface area contributed by atoms with E-state index in [-0.39, 0.29) is 6.61 Å². The molecule has 0 saturated heterocycles. The molecule has 3 rings (SSSR count). The zero-order valence-corrected chi connectivity index (χ0v) is 15.7. The van der Waals surface area contributed by atoms with Crippen LogP contribution in [0, 0.1) is 0 Å². The Labute approximate surface area is 164 Å². The zero-order chi connectivity index (χ0) is 19.6. The molecule has 2 aromatic rings. The first-order valence-corrected chi connectivity index (χ1v) is 8.98. The number of hydrogen-bond acceptors (Lipinski definition) is 6. The van der Waals surface area contributed by atoms with Crippen LogP contribution in [0.3, 0.4) is 0 Å². The number of ether oxygens (including phenoxy) is 2. The Balaban J connectivity index is 1.52. The van der Waals surface area contributed by atoms with E-state index in [4.69, 9.17) is 29.0 Å². The first-order chi connectivity index (χ1) is 13.8. The maximum absolute atomic E-state index is 5.58. The van der Waals surface area contributed by atoms with E-state index >= 15 is 0 Å². The third-order valence-electron chi connectivity index (χ3n) is 4.20. The van der Waals surface area contributed by atoms with E-state index in [1.165, 1.54) is 0 Å². The lowest BCUT2D eigenvalue weighted by atomic mass is 10.1. The van der Waals surface area contributed by atoms with Gasteiger partial charge in [-0.25, -0.2) is 19.6 Å². The van der Waals surface area contributed by atoms with Gasteiger partial charge in [0.1, 0.15) is 31.2 Å². The second-order valence-electron chi connectivity index (χ2n) is 6.14. The van der Waals surface area contributed by atoms with Gasteiger partial charge in [-0.1, -0.05) is 49.0 Å². The fourth-order valence-corrected chi connectivity index (χ4v) is 2.63. The molecule has 0 aromatic heterocycles. The van der Waals surface area contributed by atoms with Gasteiger partial charge in [-0.2, -0.15) is 0 Å². The first kappa shape index (κ1) is 20.1. The van der Waals surface area contributed by atoms with Crippen LogP contribution in [0.5, 0.6) is 5.75 Å². The van der Waals surface area contributed by atoms with Gasteiger partial charge in [0.05, 0.1) is 13.4 Å². The molecule has 0 radical (unpaired) electrons. The Hall–Kier alpha value is -2.64. The topological polar surface area (TPSA) is 55.4 Å². The third-order valence-corrected chi connectivity index (χ3v) is 4.20. The highest BCUT2D eigenvalue weighted by molar-refractivity contribution is 5.26. The van der Waals surface area contributed by atoms with Gasteiger partial charge in [-0.15, -0.1) is 0 Å². The maximum atomic E-state index is 5.58. The SMILES string of the molecule is C=C[C@H]1OC=C[C@@H](OOCc2ccccc2)[C@@H]1OOCc1ccc(OC)cc1. The van der Waals surface area contributed by atoms with E-state index in [2.05, 4.69) is 6.58 Å². The molecule has 0 aliphatic carbocycles. The highest BCUT2D eigenvalue weighted by Crippen LogP contribution is 2.21. The van der Waals surface area contributed by atoms with Gasteiger partial charge in [0, 0.05) is 0 Å². The van der Waals surface area contributed by atoms with Crippen molar-refractivity contribution in [1.82, 2.24) is 0 Å². The number of benzene rings is 2. The molecule has 0 amide bonds. The highest BCUT2D eigenvalue weighted by atomic mass is 17.2. The molecule has 1 heterocycles. The Morgan fingerprint density at radius 2 is 1.61 bits per heavy atom. The average Bonchev–Trinajstić information content (AvgIpc) is 2.75. The van der Waals surface area contributed by atoms with Crippen LogP contribution in [0.15, 0.2) is 79.6 Å². The minimum Gasteiger partial charge on any atom is -0.497 e. The van der Waals surface area contributed by atoms with E-state index in [1.807, 2.05) is 54.6 Å². The van der Waals surface area contributed by atoms with Crippen LogP contribution in [0.25, 0.3) is 0 Å². The molecule has 6 heteroatoms. The van der Waals surface area contributed by atoms with E-state index in [0.29, 0.717) is 6.61 Å². The van der Waals surface area contributed by atoms with Crippen LogP contribution in [-0.4, -0.2) is 25.4 Å². The molecule has 0 bridgehead atoms. The van der Waals surface area contributed by atoms with Gasteiger partial charge in [0.15, 0.2) is 6.10 Å². The van der Waals surface area contributed by atoms with Crippen molar-refractivity contribution in [3.63, 3.8) is 0 Å². The second kappa shape index (κ2) is 10.6. The molecule has 0 fully saturated rings. The number of methoxy groups -OCH3 is 1. The van der Waals surface area contributed by atoms with Crippen LogP contribution in [0.2, 0.25) is 0 Å². The van der Waals surface area contributed by atoms with Crippen molar-refractivity contribution in [2.75, 3.05) is 7.11 Å². The lowest BCUT2D eigenvalue weighted by Crippen LogP contribution is -2.42. The van der Waals surface area contributed by atoms with Crippen LogP contribution in [0.4, 0.5) is 0 Å². The molecule has 0 saturated carbocycles. The van der Waals surface area contributed by atoms with Crippen molar-refractivity contribution in [2.24, 2.45) is 0 Å². The summed E-state index contributed by atoms with van der Waals surface area (Å²) in [4.78, 5) is 21.9. The second-order valence-corrected chi connectivity index (χ2v) is 6.14. The summed E-state index contributed by atoms with van der Waals surface area (Å²) in [6.45, 7) is 4.37. The van der Waals surface area contributed by atoms with Crippen molar-refractivity contribution in [1.29, 1.82) is 0 Å². The lowest BCUT2D eigenvalue weighted by molar-refractivity contribution is -0.400. The highest BCUT2D eigenvalue weighted by Gasteiger charge is 2.34. The molecule has 28 heavy (non-hydrogen) atoms. The Morgan fingerprint density at radius 3 is 2.29 bits per heavy atom. The molecule has 1 aliphatic heterocycles. The Morgan fingerprint density at radius 1 is 0.929 bits per heavy atom. The Bertz CT molecular complexity index is 743. The van der Waals surface area contributed by atoms with Crippen molar-refractivity contribution in [3.05, 3.63) is 90.7 Å². The van der Waals surface area contributed by atoms with Crippen molar-refractivity contribution in [2.45, 2.75) is 31.5 Å². The molecule has 0 spiro atoms. The third kappa shape index (κ3) is 5.68. The van der Waals surface area contributed by atoms with Gasteiger partial charge in [0.2, 0.25) is 0 Å². The summed E-state index contributed by atoms with van der Waals surface area (Å²) in [6.07, 6.45) is 3.41. The van der Waals surface area contributed by atoms with Crippen LogP contribution < -0.4 is 4.74 Å². The predicted molar refractivity (Wildman–Crippen MR) is 103 cm³/mol. The molecular formula is C22H24O6. The monoisotopic (exact) mass is 384 g/mol. The minimum atomic E-state index is -0.559. The van der Waals surface area contributed by atoms with Gasteiger partial charge < -0.3 is 9.47 Å². The normalized spacial score (nSPS) is 21.1. The summed E-state index contributed by atoms with van der Waals surface area (Å²) in [5.41, 5.74) is 1.95. The average molecular weight is 384 g/mol. The van der Waals surface area contributed by atoms with Gasteiger partial charge in [-0.3, -0.25) is 0 Å². The summed E-state index contributed by atoms with van der Waals surface area (Å²) < 4.78 is 10.7. The molecule has 6 nitrogen and oxygen atoms in total. The quantitative estimate of drug-likeness (QED) is 0.349. The molecule has 2 aromatic carbocycles. The van der Waals surface area contributed by atoms with Gasteiger partial charge >= 0.3 is 0 Å². The molecule has 0 unspecified atom stereocenters. The summed E-state index contributed by atoms with van der Waals surface area (Å²) in [5.74, 6) is 0.784. The lowest BCUT2D eigenvalue weighted by Gasteiger charge is -2.30. The molecular weight excluding hydrogens is 360 g/mol. The van der Waals surface area contributed by atoms with Crippen molar-refractivity contribution >= 4 is 0 Å². The summed E-state index contributed by atoms with van der Waals surface area (Å²) in [7, 11) is 1.63. The van der Waals surface area contributed by atoms with E-state index in [1.54, 1.807) is 25.5 Å². The zero-order valence-electron chi connectivity index (χ0n) is 15.7. The van der Waals surface area contributed by atoms with Crippen molar-refractivity contribution < 1.29 is 29.0 Å². The van der Waals surface area contributed by atoms with Crippen molar-refractivity contribution in [3.8, 4) is 5.75 Å². The molecule has 3 atom stereocenters. The fraction of sp³-hybridized carbons (Fsp3) is 0.273. The summed E-state index contributed by atoms with van der Waals surface area (Å²) >= 11 is 0. The summed E-state index contributed by atoms with van der Waals surface area (Å²) in [6, 6.07) is 17.3. The van der Waals surface area contributed by atoms with Crippen LogP contribution >= 0.6 is 0 Å². The standard InChI is InChI=1S/C22H24O6/c1-3-20-22(28-26-16-18-9-11-19(23-2)12-10-18)21(13-14-24-20)27-25-15-17-7-5-4-6-8-17/h3-14,20-22H,1,15-16H2,2H3/t20-,21-,22-/m1/s1. The van der Waals surface area contributed by atoms with Gasteiger partial charge in [0.25, 0.3) is 0 Å². The predicted octanol–water partition coefficient (Wildman–Crippen LogP) is 4.13. The minimum absolute atomic E-state index is 0.270. The molecule has 148 valence electrons. The largest absolute Gasteiger partial charge is 0.497 e. The van der Waals surface area contributed by atoms with Gasteiger partial charge in [-0.05, 0) is 35.4 Å². The van der Waals surface area contributed by atoms with E-state index in [9.17, 15) is 0 Å². The summed E-state index contributed by atoms with van der Waals surface area (Å²) in [5, 5.41) is 0. The van der Waals surface area contributed by atoms with Crippen LogP contribution in [-0.2, 0) is 37.5 Å². The van der Waals surface area contributed by atoms with E-state index < -0.39 is 18.3 Å². The fourth-order valence-electron chi connectivity index (χ4n) is 2.63. The smallest absolute Gasteiger partial charge is 0.166 e. The first-order valence-electron chi connectivity index (χ1n) is 8.98. The molecule has 1 aliphatic rings.